The van der Waals surface area contributed by atoms with E-state index in [0.29, 0.717) is 5.56 Å². The molecule has 0 bridgehead atoms. The first-order valence-electron chi connectivity index (χ1n) is 6.35. The lowest BCUT2D eigenvalue weighted by atomic mass is 10.2. The Morgan fingerprint density at radius 3 is 2.29 bits per heavy atom. The van der Waals surface area contributed by atoms with Gasteiger partial charge in [0, 0.05) is 5.56 Å². The maximum Gasteiger partial charge on any atom is 0.351 e. The largest absolute Gasteiger partial charge is 0.456 e. The number of hydrazone groups is 1. The third-order valence-electron chi connectivity index (χ3n) is 2.60. The van der Waals surface area contributed by atoms with Gasteiger partial charge in [-0.05, 0) is 17.7 Å². The van der Waals surface area contributed by atoms with Crippen LogP contribution >= 0.6 is 0 Å². The molecule has 0 aromatic heterocycles. The lowest BCUT2D eigenvalue weighted by Crippen LogP contribution is -2.19. The normalized spacial score (nSPS) is 10.3. The molecular formula is C16H14N2O3. The Morgan fingerprint density at radius 1 is 1.00 bits per heavy atom. The van der Waals surface area contributed by atoms with Crippen molar-refractivity contribution in [3.8, 4) is 0 Å². The van der Waals surface area contributed by atoms with E-state index in [-0.39, 0.29) is 12.5 Å². The molecule has 0 fully saturated rings. The van der Waals surface area contributed by atoms with Gasteiger partial charge in [0.25, 0.3) is 5.91 Å². The summed E-state index contributed by atoms with van der Waals surface area (Å²) in [5, 5.41) is 3.56. The van der Waals surface area contributed by atoms with E-state index in [9.17, 15) is 9.59 Å². The number of ether oxygens (including phenoxy) is 1. The molecule has 1 N–H and O–H groups in total. The number of benzene rings is 2. The molecule has 0 heterocycles. The molecule has 2 aromatic rings. The fourth-order valence-corrected chi connectivity index (χ4v) is 1.56. The molecule has 2 aromatic carbocycles. The van der Waals surface area contributed by atoms with Crippen molar-refractivity contribution in [3.05, 3.63) is 71.8 Å². The standard InChI is InChI=1S/C16H14N2O3/c19-15(21-12-13-7-3-1-4-8-13)11-17-18-16(20)14-9-5-2-6-10-14/h1-11H,12H2,(H,18,20). The van der Waals surface area contributed by atoms with Crippen molar-refractivity contribution in [1.29, 1.82) is 0 Å². The summed E-state index contributed by atoms with van der Waals surface area (Å²) in [4.78, 5) is 23.0. The minimum Gasteiger partial charge on any atom is -0.456 e. The van der Waals surface area contributed by atoms with E-state index in [2.05, 4.69) is 10.5 Å². The van der Waals surface area contributed by atoms with Crippen LogP contribution in [0.15, 0.2) is 65.8 Å². The van der Waals surface area contributed by atoms with Crippen LogP contribution in [0.1, 0.15) is 15.9 Å². The Balaban J connectivity index is 1.76. The summed E-state index contributed by atoms with van der Waals surface area (Å²) in [6, 6.07) is 17.9. The number of hydrogen-bond donors (Lipinski definition) is 1. The molecule has 5 heteroatoms. The molecule has 0 atom stereocenters. The van der Waals surface area contributed by atoms with Gasteiger partial charge in [-0.2, -0.15) is 5.10 Å². The summed E-state index contributed by atoms with van der Waals surface area (Å²) < 4.78 is 4.98. The number of esters is 1. The van der Waals surface area contributed by atoms with Crippen LogP contribution in [-0.4, -0.2) is 18.1 Å². The fourth-order valence-electron chi connectivity index (χ4n) is 1.56. The first-order chi connectivity index (χ1) is 10.3. The quantitative estimate of drug-likeness (QED) is 0.519. The van der Waals surface area contributed by atoms with Crippen molar-refractivity contribution in [2.75, 3.05) is 0 Å². The lowest BCUT2D eigenvalue weighted by molar-refractivity contribution is -0.136. The van der Waals surface area contributed by atoms with Crippen LogP contribution in [0.4, 0.5) is 0 Å². The zero-order valence-corrected chi connectivity index (χ0v) is 11.2. The summed E-state index contributed by atoms with van der Waals surface area (Å²) in [5.41, 5.74) is 3.60. The average Bonchev–Trinajstić information content (AvgIpc) is 2.54. The van der Waals surface area contributed by atoms with Gasteiger partial charge in [0.05, 0.1) is 0 Å². The second-order valence-electron chi connectivity index (χ2n) is 4.16. The fraction of sp³-hybridized carbons (Fsp3) is 0.0625. The number of rotatable bonds is 5. The monoisotopic (exact) mass is 282 g/mol. The van der Waals surface area contributed by atoms with E-state index in [0.717, 1.165) is 11.8 Å². The highest BCUT2D eigenvalue weighted by molar-refractivity contribution is 6.23. The van der Waals surface area contributed by atoms with Crippen LogP contribution in [-0.2, 0) is 16.1 Å². The van der Waals surface area contributed by atoms with E-state index in [4.69, 9.17) is 4.74 Å². The van der Waals surface area contributed by atoms with Gasteiger partial charge >= 0.3 is 5.97 Å². The van der Waals surface area contributed by atoms with Gasteiger partial charge in [-0.3, -0.25) is 4.79 Å². The number of amides is 1. The number of carbonyl (C=O) groups excluding carboxylic acids is 2. The molecule has 2 rings (SSSR count). The highest BCUT2D eigenvalue weighted by Crippen LogP contribution is 2.00. The topological polar surface area (TPSA) is 67.8 Å². The predicted molar refractivity (Wildman–Crippen MR) is 78.6 cm³/mol. The van der Waals surface area contributed by atoms with Gasteiger partial charge in [0.1, 0.15) is 12.8 Å². The van der Waals surface area contributed by atoms with Crippen LogP contribution in [0.2, 0.25) is 0 Å². The Kier molecular flexibility index (Phi) is 5.23. The molecule has 0 unspecified atom stereocenters. The van der Waals surface area contributed by atoms with E-state index < -0.39 is 5.97 Å². The summed E-state index contributed by atoms with van der Waals surface area (Å²) in [7, 11) is 0. The Labute approximate surface area is 122 Å². The third kappa shape index (κ3) is 4.91. The summed E-state index contributed by atoms with van der Waals surface area (Å²) in [6.07, 6.45) is 0.934. The molecule has 106 valence electrons. The molecule has 5 nitrogen and oxygen atoms in total. The SMILES string of the molecule is O=C(C=NNC(=O)c1ccccc1)OCc1ccccc1. The smallest absolute Gasteiger partial charge is 0.351 e. The maximum atomic E-state index is 11.6. The van der Waals surface area contributed by atoms with Crippen LogP contribution in [0, 0.1) is 0 Å². The van der Waals surface area contributed by atoms with Crippen molar-refractivity contribution in [2.45, 2.75) is 6.61 Å². The Bertz CT molecular complexity index is 624. The van der Waals surface area contributed by atoms with Gasteiger partial charge in [-0.25, -0.2) is 10.2 Å². The first kappa shape index (κ1) is 14.5. The van der Waals surface area contributed by atoms with Crippen molar-refractivity contribution >= 4 is 18.1 Å². The highest BCUT2D eigenvalue weighted by atomic mass is 16.5. The second-order valence-corrected chi connectivity index (χ2v) is 4.16. The van der Waals surface area contributed by atoms with E-state index in [1.165, 1.54) is 0 Å². The summed E-state index contributed by atoms with van der Waals surface area (Å²) >= 11 is 0. The Morgan fingerprint density at radius 2 is 1.62 bits per heavy atom. The van der Waals surface area contributed by atoms with Crippen LogP contribution in [0.3, 0.4) is 0 Å². The molecule has 0 aliphatic heterocycles. The van der Waals surface area contributed by atoms with Crippen molar-refractivity contribution in [3.63, 3.8) is 0 Å². The molecule has 0 aliphatic rings. The second kappa shape index (κ2) is 7.59. The molecule has 0 spiro atoms. The van der Waals surface area contributed by atoms with E-state index in [1.807, 2.05) is 30.3 Å². The van der Waals surface area contributed by atoms with Gasteiger partial charge in [0.15, 0.2) is 0 Å². The number of carbonyl (C=O) groups is 2. The Hall–Kier alpha value is -2.95. The maximum absolute atomic E-state index is 11.6. The van der Waals surface area contributed by atoms with Crippen molar-refractivity contribution < 1.29 is 14.3 Å². The summed E-state index contributed by atoms with van der Waals surface area (Å²) in [5.74, 6) is -1.00. The van der Waals surface area contributed by atoms with Crippen molar-refractivity contribution in [1.82, 2.24) is 5.43 Å². The van der Waals surface area contributed by atoms with Crippen molar-refractivity contribution in [2.24, 2.45) is 5.10 Å². The van der Waals surface area contributed by atoms with Crippen LogP contribution in [0.25, 0.3) is 0 Å². The molecule has 0 saturated heterocycles. The molecular weight excluding hydrogens is 268 g/mol. The predicted octanol–water partition coefficient (Wildman–Crippen LogP) is 2.15. The zero-order chi connectivity index (χ0) is 14.9. The molecule has 1 amide bonds. The molecule has 21 heavy (non-hydrogen) atoms. The number of nitrogens with one attached hydrogen (secondary N) is 1. The van der Waals surface area contributed by atoms with Gasteiger partial charge in [-0.1, -0.05) is 48.5 Å². The van der Waals surface area contributed by atoms with E-state index >= 15 is 0 Å². The van der Waals surface area contributed by atoms with E-state index in [1.54, 1.807) is 30.3 Å². The molecule has 0 saturated carbocycles. The zero-order valence-electron chi connectivity index (χ0n) is 11.2. The van der Waals surface area contributed by atoms with Crippen LogP contribution < -0.4 is 5.43 Å². The highest BCUT2D eigenvalue weighted by Gasteiger charge is 2.03. The summed E-state index contributed by atoms with van der Waals surface area (Å²) in [6.45, 7) is 0.165. The number of hydrogen-bond acceptors (Lipinski definition) is 4. The average molecular weight is 282 g/mol. The minimum atomic E-state index is -0.618. The lowest BCUT2D eigenvalue weighted by Gasteiger charge is -2.01. The van der Waals surface area contributed by atoms with Gasteiger partial charge in [0.2, 0.25) is 0 Å². The number of nitrogens with zero attached hydrogens (tertiary/aromatic N) is 1. The van der Waals surface area contributed by atoms with Gasteiger partial charge in [-0.15, -0.1) is 0 Å². The van der Waals surface area contributed by atoms with Gasteiger partial charge < -0.3 is 4.74 Å². The molecule has 0 aliphatic carbocycles. The minimum absolute atomic E-state index is 0.165. The first-order valence-corrected chi connectivity index (χ1v) is 6.35. The molecule has 0 radical (unpaired) electrons. The third-order valence-corrected chi connectivity index (χ3v) is 2.60. The van der Waals surface area contributed by atoms with Crippen LogP contribution in [0.5, 0.6) is 0 Å².